The molecule has 0 saturated heterocycles. The quantitative estimate of drug-likeness (QED) is 0.0395. The first-order chi connectivity index (χ1) is 29.2. The number of nitrogens with one attached hydrogen (secondary N) is 3. The lowest BCUT2D eigenvalue weighted by Crippen LogP contribution is -2.50. The van der Waals surface area contributed by atoms with Crippen LogP contribution in [-0.4, -0.2) is 78.3 Å². The van der Waals surface area contributed by atoms with Crippen molar-refractivity contribution in [3.63, 3.8) is 0 Å². The lowest BCUT2D eigenvalue weighted by atomic mass is 9.88. The van der Waals surface area contributed by atoms with Crippen molar-refractivity contribution in [1.29, 1.82) is 0 Å². The molecule has 0 bridgehead atoms. The minimum atomic E-state index is -1.04. The molecule has 3 heterocycles. The van der Waals surface area contributed by atoms with Crippen LogP contribution in [0.2, 0.25) is 0 Å². The van der Waals surface area contributed by atoms with Crippen molar-refractivity contribution < 1.29 is 29.0 Å². The van der Waals surface area contributed by atoms with Crippen LogP contribution < -0.4 is 16.0 Å². The zero-order valence-corrected chi connectivity index (χ0v) is 33.3. The second kappa shape index (κ2) is 19.1. The average Bonchev–Trinajstić information content (AvgIpc) is 3.90. The molecule has 6 aromatic rings. The molecule has 0 fully saturated rings. The van der Waals surface area contributed by atoms with Crippen LogP contribution in [0, 0.1) is 17.0 Å². The highest BCUT2D eigenvalue weighted by Gasteiger charge is 2.40. The lowest BCUT2D eigenvalue weighted by molar-refractivity contribution is -0.383. The van der Waals surface area contributed by atoms with Crippen LogP contribution in [0.3, 0.4) is 0 Å². The van der Waals surface area contributed by atoms with Crippen LogP contribution in [0.25, 0.3) is 11.0 Å². The van der Waals surface area contributed by atoms with Gasteiger partial charge in [0.1, 0.15) is 6.04 Å². The molecule has 4 N–H and O–H groups in total. The van der Waals surface area contributed by atoms with E-state index in [1.165, 1.54) is 17.0 Å². The fourth-order valence-electron chi connectivity index (χ4n) is 7.72. The van der Waals surface area contributed by atoms with Gasteiger partial charge in [-0.2, -0.15) is 0 Å². The molecule has 0 saturated carbocycles. The molecule has 16 nitrogen and oxygen atoms in total. The van der Waals surface area contributed by atoms with Crippen LogP contribution in [-0.2, 0) is 33.9 Å². The van der Waals surface area contributed by atoms with Gasteiger partial charge in [-0.15, -0.1) is 0 Å². The number of non-ortho nitro benzene ring substituents is 1. The smallest absolute Gasteiger partial charge is 0.326 e. The van der Waals surface area contributed by atoms with Gasteiger partial charge < -0.3 is 30.5 Å². The summed E-state index contributed by atoms with van der Waals surface area (Å²) in [6, 6.07) is 27.0. The summed E-state index contributed by atoms with van der Waals surface area (Å²) in [6.45, 7) is 4.42. The molecular formula is C44H47N9O7. The number of anilines is 2. The molecule has 1 aliphatic rings. The van der Waals surface area contributed by atoms with Gasteiger partial charge in [-0.25, -0.2) is 14.4 Å². The normalized spacial score (nSPS) is 13.6. The first-order valence-corrected chi connectivity index (χ1v) is 20.1. The molecule has 0 aliphatic carbocycles. The third-order valence-electron chi connectivity index (χ3n) is 10.8. The van der Waals surface area contributed by atoms with Crippen molar-refractivity contribution in [1.82, 2.24) is 30.1 Å². The van der Waals surface area contributed by atoms with Gasteiger partial charge in [0.05, 0.1) is 35.1 Å². The Bertz CT molecular complexity index is 2410. The number of carbonyl (C=O) groups is 3. The van der Waals surface area contributed by atoms with Crippen LogP contribution in [0.5, 0.6) is 0 Å². The maximum absolute atomic E-state index is 14.3. The highest BCUT2D eigenvalue weighted by Crippen LogP contribution is 2.33. The lowest BCUT2D eigenvalue weighted by Gasteiger charge is -2.35. The molecule has 2 aromatic heterocycles. The molecule has 2 amide bonds. The number of nitro groups is 1. The number of nitro benzene ring substituents is 1. The maximum Gasteiger partial charge on any atom is 0.326 e. The number of hydrogen-bond donors (Lipinski definition) is 4. The van der Waals surface area contributed by atoms with Crippen molar-refractivity contribution >= 4 is 45.9 Å². The van der Waals surface area contributed by atoms with E-state index in [0.717, 1.165) is 65.9 Å². The van der Waals surface area contributed by atoms with Gasteiger partial charge in [0.15, 0.2) is 5.52 Å². The Kier molecular flexibility index (Phi) is 13.1. The molecule has 0 spiro atoms. The SMILES string of the molecule is Cc1cc(Cn2cnc3c2C[C@@H](C(=O)O)N(C(=O)C(c2ccccc2)c2ccccc2)C3)ccc1NCCCCCCNC(=O)CCNc1ccc([N+](=O)[O-])c2nonc12. The van der Waals surface area contributed by atoms with E-state index in [4.69, 9.17) is 0 Å². The molecule has 310 valence electrons. The molecule has 60 heavy (non-hydrogen) atoms. The predicted molar refractivity (Wildman–Crippen MR) is 224 cm³/mol. The Balaban J connectivity index is 0.841. The second-order valence-electron chi connectivity index (χ2n) is 14.9. The Morgan fingerprint density at radius 2 is 1.53 bits per heavy atom. The van der Waals surface area contributed by atoms with Gasteiger partial charge in [0, 0.05) is 56.5 Å². The number of rotatable bonds is 19. The highest BCUT2D eigenvalue weighted by molar-refractivity contribution is 5.93. The fraction of sp³-hybridized carbons (Fsp3) is 0.318. The van der Waals surface area contributed by atoms with Crippen molar-refractivity contribution in [3.05, 3.63) is 141 Å². The third-order valence-corrected chi connectivity index (χ3v) is 10.8. The van der Waals surface area contributed by atoms with E-state index in [2.05, 4.69) is 61.0 Å². The van der Waals surface area contributed by atoms with Crippen molar-refractivity contribution in [2.45, 2.75) is 70.5 Å². The number of carboxylic acids is 1. The number of hydrogen-bond acceptors (Lipinski definition) is 11. The Morgan fingerprint density at radius 3 is 2.22 bits per heavy atom. The first kappa shape index (κ1) is 41.1. The molecule has 4 aromatic carbocycles. The number of amides is 2. The molecule has 1 aliphatic heterocycles. The van der Waals surface area contributed by atoms with Crippen LogP contribution >= 0.6 is 0 Å². The van der Waals surface area contributed by atoms with E-state index in [1.807, 2.05) is 65.2 Å². The summed E-state index contributed by atoms with van der Waals surface area (Å²) < 4.78 is 6.67. The first-order valence-electron chi connectivity index (χ1n) is 20.1. The van der Waals surface area contributed by atoms with Gasteiger partial charge in [0.2, 0.25) is 17.3 Å². The minimum Gasteiger partial charge on any atom is -0.480 e. The summed E-state index contributed by atoms with van der Waals surface area (Å²) in [7, 11) is 0. The Labute approximate surface area is 346 Å². The summed E-state index contributed by atoms with van der Waals surface area (Å²) in [4.78, 5) is 56.0. The van der Waals surface area contributed by atoms with E-state index >= 15 is 0 Å². The molecule has 1 atom stereocenters. The summed E-state index contributed by atoms with van der Waals surface area (Å²) in [6.07, 6.45) is 5.95. The summed E-state index contributed by atoms with van der Waals surface area (Å²) in [5.41, 5.74) is 6.97. The predicted octanol–water partition coefficient (Wildman–Crippen LogP) is 6.44. The number of unbranched alkanes of at least 4 members (excludes halogenated alkanes) is 3. The Hall–Kier alpha value is -7.10. The molecule has 0 unspecified atom stereocenters. The summed E-state index contributed by atoms with van der Waals surface area (Å²) in [5, 5.41) is 38.5. The number of carboxylic acid groups (broad SMARTS) is 1. The number of aromatic nitrogens is 4. The monoisotopic (exact) mass is 813 g/mol. The second-order valence-corrected chi connectivity index (χ2v) is 14.9. The van der Waals surface area contributed by atoms with Crippen LogP contribution in [0.1, 0.15) is 71.7 Å². The summed E-state index contributed by atoms with van der Waals surface area (Å²) in [5.74, 6) is -2.04. The minimum absolute atomic E-state index is 0.0551. The van der Waals surface area contributed by atoms with Gasteiger partial charge in [-0.05, 0) is 64.5 Å². The molecule has 7 rings (SSSR count). The zero-order chi connectivity index (χ0) is 42.0. The number of benzene rings is 4. The molecular weight excluding hydrogens is 767 g/mol. The average molecular weight is 814 g/mol. The largest absolute Gasteiger partial charge is 0.480 e. The summed E-state index contributed by atoms with van der Waals surface area (Å²) >= 11 is 0. The van der Waals surface area contributed by atoms with Crippen LogP contribution in [0.15, 0.2) is 102 Å². The van der Waals surface area contributed by atoms with Crippen LogP contribution in [0.4, 0.5) is 17.1 Å². The van der Waals surface area contributed by atoms with Gasteiger partial charge in [0.25, 0.3) is 0 Å². The highest BCUT2D eigenvalue weighted by atomic mass is 16.6. The molecule has 16 heteroatoms. The zero-order valence-electron chi connectivity index (χ0n) is 33.3. The van der Waals surface area contributed by atoms with Crippen molar-refractivity contribution in [2.75, 3.05) is 30.3 Å². The number of carbonyl (C=O) groups excluding carboxylic acids is 2. The van der Waals surface area contributed by atoms with E-state index in [-0.39, 0.29) is 47.9 Å². The van der Waals surface area contributed by atoms with E-state index in [1.54, 1.807) is 6.33 Å². The number of aryl methyl sites for hydroxylation is 1. The third kappa shape index (κ3) is 9.60. The van der Waals surface area contributed by atoms with E-state index in [9.17, 15) is 29.6 Å². The van der Waals surface area contributed by atoms with Gasteiger partial charge in [-0.3, -0.25) is 19.7 Å². The maximum atomic E-state index is 14.3. The van der Waals surface area contributed by atoms with E-state index < -0.39 is 22.9 Å². The Morgan fingerprint density at radius 1 is 0.867 bits per heavy atom. The van der Waals surface area contributed by atoms with Gasteiger partial charge >= 0.3 is 11.7 Å². The number of aliphatic carboxylic acids is 1. The van der Waals surface area contributed by atoms with Crippen molar-refractivity contribution in [2.24, 2.45) is 0 Å². The van der Waals surface area contributed by atoms with E-state index in [0.29, 0.717) is 31.0 Å². The van der Waals surface area contributed by atoms with Crippen molar-refractivity contribution in [3.8, 4) is 0 Å². The number of fused-ring (bicyclic) bond motifs is 2. The number of imidazole rings is 1. The van der Waals surface area contributed by atoms with Gasteiger partial charge in [-0.1, -0.05) is 85.6 Å². The topological polar surface area (TPSA) is 211 Å². The standard InChI is InChI=1S/C44H47N9O7/c1-29-24-30(16-17-33(29)45-21-10-2-3-11-22-47-39(54)20-23-46-34-18-19-36(53(58)59)42-41(34)49-60-50-42)26-51-28-48-35-27-52(38(44(56)57)25-37(35)51)43(55)40(31-12-6-4-7-13-31)32-14-8-5-9-15-32/h4-9,12-19,24,28,38,40,45-46H,2-3,10-11,20-23,25-27H2,1H3,(H,47,54)(H,56,57)/t38-/m0/s1. The molecule has 0 radical (unpaired) electrons. The number of nitrogens with zero attached hydrogens (tertiary/aromatic N) is 6. The fourth-order valence-corrected chi connectivity index (χ4v) is 7.72.